The first-order valence-electron chi connectivity index (χ1n) is 28.4. The number of quaternary nitrogens is 1. The van der Waals surface area contributed by atoms with Crippen LogP contribution in [-0.2, 0) is 32.7 Å². The van der Waals surface area contributed by atoms with E-state index in [2.05, 4.69) is 26.0 Å². The second-order valence-corrected chi connectivity index (χ2v) is 22.1. The second kappa shape index (κ2) is 48.8. The molecule has 2 atom stereocenters. The van der Waals surface area contributed by atoms with E-state index >= 15 is 0 Å². The Kier molecular flexibility index (Phi) is 47.8. The first-order chi connectivity index (χ1) is 32.0. The van der Waals surface area contributed by atoms with Crippen molar-refractivity contribution in [2.75, 3.05) is 47.5 Å². The average molecular weight is 957 g/mol. The van der Waals surface area contributed by atoms with Crippen molar-refractivity contribution in [3.63, 3.8) is 0 Å². The Balaban J connectivity index is 4.06. The molecule has 0 aliphatic heterocycles. The van der Waals surface area contributed by atoms with Gasteiger partial charge in [0.15, 0.2) is 6.10 Å². The molecule has 0 heterocycles. The van der Waals surface area contributed by atoms with E-state index in [1.54, 1.807) is 0 Å². The van der Waals surface area contributed by atoms with Crippen molar-refractivity contribution in [3.05, 3.63) is 12.2 Å². The predicted octanol–water partition coefficient (Wildman–Crippen LogP) is 17.3. The number of allylic oxidation sites excluding steroid dienone is 2. The van der Waals surface area contributed by atoms with Gasteiger partial charge in [0.2, 0.25) is 0 Å². The summed E-state index contributed by atoms with van der Waals surface area (Å²) in [6.07, 6.45) is 55.7. The van der Waals surface area contributed by atoms with Crippen molar-refractivity contribution in [1.29, 1.82) is 0 Å². The number of ether oxygens (including phenoxy) is 2. The Hall–Kier alpha value is -1.25. The van der Waals surface area contributed by atoms with Crippen molar-refractivity contribution in [2.24, 2.45) is 0 Å². The van der Waals surface area contributed by atoms with E-state index in [1.165, 1.54) is 199 Å². The van der Waals surface area contributed by atoms with Crippen LogP contribution in [0.25, 0.3) is 0 Å². The second-order valence-electron chi connectivity index (χ2n) is 20.7. The molecule has 0 aromatic rings. The molecule has 0 aromatic heterocycles. The first kappa shape index (κ1) is 64.8. The molecule has 0 saturated carbocycles. The molecule has 9 nitrogen and oxygen atoms in total. The summed E-state index contributed by atoms with van der Waals surface area (Å²) in [5.74, 6) is -0.791. The standard InChI is InChI=1S/C56H110NO8P/c1-6-8-10-12-14-16-18-20-22-23-24-25-26-27-28-29-30-31-32-33-35-36-38-40-42-44-46-48-55(58)62-52-54(53-64-66(60,61)63-51-50-57(3,4)5)65-56(59)49-47-45-43-41-39-37-34-21-19-17-15-13-11-9-7-2/h21,34,54H,6-20,22-33,35-53H2,1-5H3/p+1/b34-21-. The fraction of sp³-hybridized carbons (Fsp3) is 0.929. The van der Waals surface area contributed by atoms with E-state index < -0.39 is 26.5 Å². The Morgan fingerprint density at radius 2 is 0.773 bits per heavy atom. The molecule has 0 fully saturated rings. The van der Waals surface area contributed by atoms with Gasteiger partial charge in [0, 0.05) is 12.8 Å². The number of carbonyl (C=O) groups excluding carboxylic acids is 2. The number of hydrogen-bond donors (Lipinski definition) is 1. The highest BCUT2D eigenvalue weighted by Crippen LogP contribution is 2.43. The van der Waals surface area contributed by atoms with Gasteiger partial charge in [-0.3, -0.25) is 18.6 Å². The van der Waals surface area contributed by atoms with E-state index in [0.717, 1.165) is 51.4 Å². The van der Waals surface area contributed by atoms with Crippen molar-refractivity contribution in [3.8, 4) is 0 Å². The molecule has 10 heteroatoms. The van der Waals surface area contributed by atoms with Crippen molar-refractivity contribution < 1.29 is 42.1 Å². The van der Waals surface area contributed by atoms with Crippen LogP contribution in [0.1, 0.15) is 284 Å². The third-order valence-corrected chi connectivity index (χ3v) is 13.8. The molecule has 0 bridgehead atoms. The van der Waals surface area contributed by atoms with E-state index in [-0.39, 0.29) is 25.6 Å². The summed E-state index contributed by atoms with van der Waals surface area (Å²) in [4.78, 5) is 35.6. The summed E-state index contributed by atoms with van der Waals surface area (Å²) in [7, 11) is 1.49. The Bertz CT molecular complexity index is 1130. The highest BCUT2D eigenvalue weighted by molar-refractivity contribution is 7.47. The van der Waals surface area contributed by atoms with Gasteiger partial charge in [0.1, 0.15) is 19.8 Å². The van der Waals surface area contributed by atoms with Gasteiger partial charge in [-0.05, 0) is 38.5 Å². The van der Waals surface area contributed by atoms with Gasteiger partial charge in [-0.15, -0.1) is 0 Å². The smallest absolute Gasteiger partial charge is 0.462 e. The van der Waals surface area contributed by atoms with Crippen molar-refractivity contribution in [1.82, 2.24) is 0 Å². The normalized spacial score (nSPS) is 13.4. The van der Waals surface area contributed by atoms with E-state index in [9.17, 15) is 19.0 Å². The molecule has 0 amide bonds. The predicted molar refractivity (Wildman–Crippen MR) is 280 cm³/mol. The molecule has 2 unspecified atom stereocenters. The zero-order valence-corrected chi connectivity index (χ0v) is 45.4. The van der Waals surface area contributed by atoms with Crippen molar-refractivity contribution in [2.45, 2.75) is 290 Å². The number of unbranched alkanes of at least 4 members (excludes halogenated alkanes) is 37. The minimum absolute atomic E-state index is 0.0336. The maximum Gasteiger partial charge on any atom is 0.472 e. The van der Waals surface area contributed by atoms with Crippen LogP contribution < -0.4 is 0 Å². The van der Waals surface area contributed by atoms with Gasteiger partial charge in [0.25, 0.3) is 0 Å². The lowest BCUT2D eigenvalue weighted by molar-refractivity contribution is -0.870. The van der Waals surface area contributed by atoms with Crippen molar-refractivity contribution >= 4 is 19.8 Å². The molecule has 0 aliphatic rings. The highest BCUT2D eigenvalue weighted by atomic mass is 31.2. The highest BCUT2D eigenvalue weighted by Gasteiger charge is 2.27. The minimum Gasteiger partial charge on any atom is -0.462 e. The van der Waals surface area contributed by atoms with Crippen LogP contribution in [0, 0.1) is 0 Å². The largest absolute Gasteiger partial charge is 0.472 e. The number of phosphoric ester groups is 1. The van der Waals surface area contributed by atoms with Gasteiger partial charge in [-0.2, -0.15) is 0 Å². The molecule has 0 saturated heterocycles. The zero-order chi connectivity index (χ0) is 48.5. The van der Waals surface area contributed by atoms with Crippen LogP contribution >= 0.6 is 7.82 Å². The third-order valence-electron chi connectivity index (χ3n) is 12.8. The molecule has 392 valence electrons. The number of carbonyl (C=O) groups is 2. The summed E-state index contributed by atoms with van der Waals surface area (Å²) in [6, 6.07) is 0. The Labute approximate surface area is 409 Å². The lowest BCUT2D eigenvalue weighted by atomic mass is 10.0. The molecule has 0 radical (unpaired) electrons. The molecule has 0 rings (SSSR count). The Morgan fingerprint density at radius 1 is 0.455 bits per heavy atom. The van der Waals surface area contributed by atoms with Gasteiger partial charge < -0.3 is 18.9 Å². The lowest BCUT2D eigenvalue weighted by Crippen LogP contribution is -2.37. The molecule has 0 aliphatic carbocycles. The number of nitrogens with zero attached hydrogens (tertiary/aromatic N) is 1. The number of esters is 2. The molecule has 0 spiro atoms. The molecular formula is C56H111NO8P+. The minimum atomic E-state index is -4.38. The maximum atomic E-state index is 12.7. The van der Waals surface area contributed by atoms with Crippen LogP contribution in [0.3, 0.4) is 0 Å². The quantitative estimate of drug-likeness (QED) is 0.0211. The van der Waals surface area contributed by atoms with Gasteiger partial charge >= 0.3 is 19.8 Å². The fourth-order valence-corrected chi connectivity index (χ4v) is 9.11. The van der Waals surface area contributed by atoms with E-state index in [4.69, 9.17) is 18.5 Å². The first-order valence-corrected chi connectivity index (χ1v) is 29.9. The summed E-state index contributed by atoms with van der Waals surface area (Å²) in [6.45, 7) is 4.47. The number of phosphoric acid groups is 1. The van der Waals surface area contributed by atoms with Gasteiger partial charge in [-0.25, -0.2) is 4.57 Å². The van der Waals surface area contributed by atoms with Crippen LogP contribution in [0.2, 0.25) is 0 Å². The topological polar surface area (TPSA) is 108 Å². The molecule has 0 aromatic carbocycles. The molecule has 1 N–H and O–H groups in total. The average Bonchev–Trinajstić information content (AvgIpc) is 3.27. The number of rotatable bonds is 53. The summed E-state index contributed by atoms with van der Waals surface area (Å²) in [5, 5.41) is 0. The van der Waals surface area contributed by atoms with Gasteiger partial charge in [0.05, 0.1) is 27.7 Å². The van der Waals surface area contributed by atoms with Crippen LogP contribution in [0.4, 0.5) is 0 Å². The van der Waals surface area contributed by atoms with Gasteiger partial charge in [-0.1, -0.05) is 244 Å². The SMILES string of the molecule is CCCCCCCC/C=C\CCCCCCCC(=O)OC(COC(=O)CCCCCCCCCCCCCCCCCCCCCCCCCCCCC)COP(=O)(O)OCC[N+](C)(C)C. The summed E-state index contributed by atoms with van der Waals surface area (Å²) in [5.41, 5.74) is 0. The number of likely N-dealkylation sites (N-methyl/N-ethyl adjacent to an activating group) is 1. The lowest BCUT2D eigenvalue weighted by Gasteiger charge is -2.24. The monoisotopic (exact) mass is 957 g/mol. The van der Waals surface area contributed by atoms with E-state index in [1.807, 2.05) is 21.1 Å². The summed E-state index contributed by atoms with van der Waals surface area (Å²) >= 11 is 0. The van der Waals surface area contributed by atoms with Crippen LogP contribution in [0.15, 0.2) is 12.2 Å². The molecular weight excluding hydrogens is 846 g/mol. The third kappa shape index (κ3) is 52.1. The maximum absolute atomic E-state index is 12.7. The Morgan fingerprint density at radius 3 is 1.12 bits per heavy atom. The van der Waals surface area contributed by atoms with Crippen LogP contribution in [0.5, 0.6) is 0 Å². The summed E-state index contributed by atoms with van der Waals surface area (Å²) < 4.78 is 34.5. The van der Waals surface area contributed by atoms with Crippen LogP contribution in [-0.4, -0.2) is 74.9 Å². The van der Waals surface area contributed by atoms with E-state index in [0.29, 0.717) is 23.9 Å². The fourth-order valence-electron chi connectivity index (χ4n) is 8.37. The molecule has 66 heavy (non-hydrogen) atoms. The number of hydrogen-bond acceptors (Lipinski definition) is 7. The zero-order valence-electron chi connectivity index (χ0n) is 44.5.